The number of carbonyl (C=O) groups is 1. The summed E-state index contributed by atoms with van der Waals surface area (Å²) in [6.07, 6.45) is 3.18. The van der Waals surface area contributed by atoms with E-state index in [0.717, 1.165) is 27.0 Å². The van der Waals surface area contributed by atoms with Gasteiger partial charge in [-0.15, -0.1) is 0 Å². The maximum absolute atomic E-state index is 12.3. The van der Waals surface area contributed by atoms with Crippen LogP contribution in [0, 0.1) is 20.8 Å². The van der Waals surface area contributed by atoms with Gasteiger partial charge in [0.25, 0.3) is 5.91 Å². The van der Waals surface area contributed by atoms with Crippen LogP contribution in [-0.2, 0) is 0 Å². The van der Waals surface area contributed by atoms with Crippen molar-refractivity contribution in [2.45, 2.75) is 30.7 Å². The van der Waals surface area contributed by atoms with Gasteiger partial charge in [-0.2, -0.15) is 5.10 Å². The zero-order valence-electron chi connectivity index (χ0n) is 18.1. The highest BCUT2D eigenvalue weighted by Crippen LogP contribution is 2.30. The molecule has 1 amide bonds. The molecule has 4 heterocycles. The molecule has 4 aromatic heterocycles. The lowest BCUT2D eigenvalue weighted by Crippen LogP contribution is -2.12. The predicted octanol–water partition coefficient (Wildman–Crippen LogP) is 4.51. The van der Waals surface area contributed by atoms with E-state index in [2.05, 4.69) is 30.8 Å². The summed E-state index contributed by atoms with van der Waals surface area (Å²) >= 11 is 1.50. The SMILES string of the molecule is Cc1cn2c(Nc3cc(C)[nH]n3)nc(Sc3ccc(NC(=O)c4ocnc4C)cc3)cc2n1. The third kappa shape index (κ3) is 4.44. The van der Waals surface area contributed by atoms with Gasteiger partial charge >= 0.3 is 0 Å². The average Bonchev–Trinajstić information content (AvgIpc) is 3.49. The van der Waals surface area contributed by atoms with Gasteiger partial charge in [-0.3, -0.25) is 14.3 Å². The molecule has 0 aliphatic heterocycles. The minimum Gasteiger partial charge on any atom is -0.438 e. The Balaban J connectivity index is 1.36. The smallest absolute Gasteiger partial charge is 0.293 e. The van der Waals surface area contributed by atoms with Gasteiger partial charge in [0.15, 0.2) is 12.2 Å². The molecular formula is C22H20N8O2S. The van der Waals surface area contributed by atoms with Gasteiger partial charge in [0.1, 0.15) is 10.7 Å². The fraction of sp³-hybridized carbons (Fsp3) is 0.136. The van der Waals surface area contributed by atoms with Crippen molar-refractivity contribution < 1.29 is 9.21 Å². The Morgan fingerprint density at radius 3 is 2.64 bits per heavy atom. The van der Waals surface area contributed by atoms with E-state index in [9.17, 15) is 4.79 Å². The number of aryl methyl sites for hydroxylation is 3. The highest BCUT2D eigenvalue weighted by atomic mass is 32.2. The van der Waals surface area contributed by atoms with Gasteiger partial charge in [-0.25, -0.2) is 15.0 Å². The molecule has 5 aromatic rings. The van der Waals surface area contributed by atoms with Gasteiger partial charge in [0.05, 0.1) is 11.4 Å². The molecule has 0 unspecified atom stereocenters. The summed E-state index contributed by atoms with van der Waals surface area (Å²) < 4.78 is 7.03. The number of nitrogens with zero attached hydrogens (tertiary/aromatic N) is 5. The lowest BCUT2D eigenvalue weighted by Gasteiger charge is -2.09. The number of H-pyrrole nitrogens is 1. The molecular weight excluding hydrogens is 440 g/mol. The summed E-state index contributed by atoms with van der Waals surface area (Å²) in [5, 5.41) is 14.0. The van der Waals surface area contributed by atoms with Crippen LogP contribution < -0.4 is 10.6 Å². The van der Waals surface area contributed by atoms with Crippen molar-refractivity contribution in [3.05, 3.63) is 71.8 Å². The van der Waals surface area contributed by atoms with Gasteiger partial charge in [-0.05, 0) is 45.0 Å². The van der Waals surface area contributed by atoms with Gasteiger partial charge in [0.2, 0.25) is 11.7 Å². The van der Waals surface area contributed by atoms with Gasteiger partial charge in [-0.1, -0.05) is 11.8 Å². The molecule has 33 heavy (non-hydrogen) atoms. The fourth-order valence-corrected chi connectivity index (χ4v) is 4.07. The molecule has 1 aromatic carbocycles. The lowest BCUT2D eigenvalue weighted by molar-refractivity contribution is 0.0996. The van der Waals surface area contributed by atoms with Gasteiger partial charge < -0.3 is 15.1 Å². The van der Waals surface area contributed by atoms with Crippen LogP contribution in [0.2, 0.25) is 0 Å². The quantitative estimate of drug-likeness (QED) is 0.316. The highest BCUT2D eigenvalue weighted by Gasteiger charge is 2.14. The van der Waals surface area contributed by atoms with Crippen LogP contribution in [0.3, 0.4) is 0 Å². The molecule has 10 nitrogen and oxygen atoms in total. The van der Waals surface area contributed by atoms with Crippen molar-refractivity contribution in [2.75, 3.05) is 10.6 Å². The number of rotatable bonds is 6. The molecule has 166 valence electrons. The molecule has 0 saturated carbocycles. The summed E-state index contributed by atoms with van der Waals surface area (Å²) in [7, 11) is 0. The molecule has 0 aliphatic rings. The molecule has 0 fully saturated rings. The first kappa shape index (κ1) is 20.8. The summed E-state index contributed by atoms with van der Waals surface area (Å²) in [6.45, 7) is 5.60. The third-order valence-electron chi connectivity index (χ3n) is 4.78. The number of nitrogens with one attached hydrogen (secondary N) is 3. The van der Waals surface area contributed by atoms with Crippen LogP contribution in [0.15, 0.2) is 63.3 Å². The number of oxazole rings is 1. The van der Waals surface area contributed by atoms with E-state index in [1.807, 2.05) is 60.8 Å². The maximum Gasteiger partial charge on any atom is 0.293 e. The number of benzene rings is 1. The van der Waals surface area contributed by atoms with Crippen molar-refractivity contribution in [1.82, 2.24) is 29.5 Å². The second-order valence-electron chi connectivity index (χ2n) is 7.44. The fourth-order valence-electron chi connectivity index (χ4n) is 3.26. The monoisotopic (exact) mass is 460 g/mol. The number of carbonyl (C=O) groups excluding carboxylic acids is 1. The topological polar surface area (TPSA) is 126 Å². The number of amides is 1. The van der Waals surface area contributed by atoms with Crippen LogP contribution in [-0.4, -0.2) is 35.5 Å². The van der Waals surface area contributed by atoms with Crippen molar-refractivity contribution >= 4 is 40.8 Å². The number of imidazole rings is 1. The van der Waals surface area contributed by atoms with Crippen molar-refractivity contribution in [3.8, 4) is 0 Å². The number of hydrogen-bond donors (Lipinski definition) is 3. The number of aromatic amines is 1. The molecule has 0 spiro atoms. The molecule has 0 bridgehead atoms. The number of fused-ring (bicyclic) bond motifs is 1. The van der Waals surface area contributed by atoms with E-state index in [-0.39, 0.29) is 11.7 Å². The predicted molar refractivity (Wildman–Crippen MR) is 124 cm³/mol. The first-order chi connectivity index (χ1) is 15.9. The second-order valence-corrected chi connectivity index (χ2v) is 8.53. The minimum absolute atomic E-state index is 0.202. The highest BCUT2D eigenvalue weighted by molar-refractivity contribution is 7.99. The first-order valence-corrected chi connectivity index (χ1v) is 10.9. The van der Waals surface area contributed by atoms with Crippen LogP contribution in [0.4, 0.5) is 17.5 Å². The Kier molecular flexibility index (Phi) is 5.31. The van der Waals surface area contributed by atoms with E-state index in [0.29, 0.717) is 23.1 Å². The van der Waals surface area contributed by atoms with Gasteiger partial charge in [0, 0.05) is 34.6 Å². The second kappa shape index (κ2) is 8.43. The molecule has 0 saturated heterocycles. The molecule has 0 atom stereocenters. The lowest BCUT2D eigenvalue weighted by atomic mass is 10.3. The van der Waals surface area contributed by atoms with Crippen molar-refractivity contribution in [1.29, 1.82) is 0 Å². The Morgan fingerprint density at radius 2 is 1.94 bits per heavy atom. The number of aromatic nitrogens is 6. The molecule has 11 heteroatoms. The number of anilines is 3. The van der Waals surface area contributed by atoms with E-state index >= 15 is 0 Å². The average molecular weight is 461 g/mol. The normalized spacial score (nSPS) is 11.1. The maximum atomic E-state index is 12.3. The Morgan fingerprint density at radius 1 is 1.12 bits per heavy atom. The largest absolute Gasteiger partial charge is 0.438 e. The minimum atomic E-state index is -0.337. The summed E-state index contributed by atoms with van der Waals surface area (Å²) in [5.74, 6) is 1.16. The van der Waals surface area contributed by atoms with E-state index in [4.69, 9.17) is 9.40 Å². The standard InChI is InChI=1S/C22H20N8O2S/c1-12-8-17(29-28-12)26-22-27-19(9-18-24-13(2)10-30(18)22)33-16-6-4-15(5-7-16)25-21(31)20-14(3)23-11-32-20/h4-11H,1-3H3,(H,25,31)(H2,26,27,28,29). The molecule has 0 aliphatic carbocycles. The van der Waals surface area contributed by atoms with Crippen molar-refractivity contribution in [2.24, 2.45) is 0 Å². The summed E-state index contributed by atoms with van der Waals surface area (Å²) in [6, 6.07) is 11.3. The Hall–Kier alpha value is -4.12. The van der Waals surface area contributed by atoms with Crippen LogP contribution in [0.5, 0.6) is 0 Å². The Labute approximate surface area is 192 Å². The van der Waals surface area contributed by atoms with Crippen LogP contribution in [0.25, 0.3) is 5.65 Å². The summed E-state index contributed by atoms with van der Waals surface area (Å²) in [5.41, 5.74) is 3.83. The van der Waals surface area contributed by atoms with E-state index < -0.39 is 0 Å². The van der Waals surface area contributed by atoms with Crippen LogP contribution in [0.1, 0.15) is 27.6 Å². The molecule has 5 rings (SSSR count). The van der Waals surface area contributed by atoms with E-state index in [1.165, 1.54) is 18.2 Å². The zero-order chi connectivity index (χ0) is 22.9. The first-order valence-electron chi connectivity index (χ1n) is 10.1. The summed E-state index contributed by atoms with van der Waals surface area (Å²) in [4.78, 5) is 26.6. The van der Waals surface area contributed by atoms with Crippen LogP contribution >= 0.6 is 11.8 Å². The van der Waals surface area contributed by atoms with E-state index in [1.54, 1.807) is 6.92 Å². The molecule has 0 radical (unpaired) electrons. The third-order valence-corrected chi connectivity index (χ3v) is 5.71. The zero-order valence-corrected chi connectivity index (χ0v) is 18.9. The Bertz CT molecular complexity index is 1450. The number of hydrogen-bond acceptors (Lipinski definition) is 8. The molecule has 3 N–H and O–H groups in total. The van der Waals surface area contributed by atoms with Crippen molar-refractivity contribution in [3.63, 3.8) is 0 Å².